The number of aromatic nitrogens is 3. The van der Waals surface area contributed by atoms with E-state index in [1.165, 1.54) is 0 Å². The number of benzene rings is 2. The van der Waals surface area contributed by atoms with E-state index in [1.54, 1.807) is 4.57 Å². The van der Waals surface area contributed by atoms with Crippen molar-refractivity contribution in [2.45, 2.75) is 32.2 Å². The van der Waals surface area contributed by atoms with Gasteiger partial charge in [-0.25, -0.2) is 9.89 Å². The van der Waals surface area contributed by atoms with Crippen molar-refractivity contribution in [2.75, 3.05) is 13.1 Å². The standard InChI is InChI=1S/C22H24N4O2/c1-16-7-9-19(10-8-16)21(27)25-13-11-18(12-14-25)20-23-24-22(28)26(20)15-17-5-3-2-4-6-17/h2-10,18H,11-15H2,1H3,(H,24,28). The van der Waals surface area contributed by atoms with Gasteiger partial charge < -0.3 is 4.90 Å². The van der Waals surface area contributed by atoms with E-state index in [-0.39, 0.29) is 17.5 Å². The number of nitrogens with zero attached hydrogens (tertiary/aromatic N) is 3. The maximum atomic E-state index is 12.7. The normalized spacial score (nSPS) is 15.0. The molecule has 0 atom stereocenters. The molecule has 144 valence electrons. The Morgan fingerprint density at radius 2 is 1.75 bits per heavy atom. The minimum atomic E-state index is -0.183. The molecule has 6 heteroatoms. The van der Waals surface area contributed by atoms with Crippen molar-refractivity contribution in [3.63, 3.8) is 0 Å². The average molecular weight is 376 g/mol. The Bertz CT molecular complexity index is 997. The summed E-state index contributed by atoms with van der Waals surface area (Å²) < 4.78 is 1.72. The Morgan fingerprint density at radius 3 is 2.43 bits per heavy atom. The summed E-state index contributed by atoms with van der Waals surface area (Å²) in [6, 6.07) is 17.6. The molecule has 0 bridgehead atoms. The third-order valence-electron chi connectivity index (χ3n) is 5.42. The van der Waals surface area contributed by atoms with Crippen molar-refractivity contribution in [1.82, 2.24) is 19.7 Å². The predicted octanol–water partition coefficient (Wildman–Crippen LogP) is 2.95. The molecule has 0 unspecified atom stereocenters. The molecule has 2 heterocycles. The fourth-order valence-electron chi connectivity index (χ4n) is 3.78. The molecule has 0 radical (unpaired) electrons. The highest BCUT2D eigenvalue weighted by Crippen LogP contribution is 2.27. The van der Waals surface area contributed by atoms with Crippen LogP contribution in [0.25, 0.3) is 0 Å². The Morgan fingerprint density at radius 1 is 1.07 bits per heavy atom. The molecular weight excluding hydrogens is 352 g/mol. The van der Waals surface area contributed by atoms with Crippen LogP contribution in [0.15, 0.2) is 59.4 Å². The average Bonchev–Trinajstić information content (AvgIpc) is 3.09. The second kappa shape index (κ2) is 7.84. The Hall–Kier alpha value is -3.15. The molecule has 28 heavy (non-hydrogen) atoms. The number of H-pyrrole nitrogens is 1. The second-order valence-corrected chi connectivity index (χ2v) is 7.39. The summed E-state index contributed by atoms with van der Waals surface area (Å²) in [6.45, 7) is 3.86. The molecule has 0 spiro atoms. The van der Waals surface area contributed by atoms with Gasteiger partial charge in [-0.15, -0.1) is 0 Å². The van der Waals surface area contributed by atoms with E-state index in [4.69, 9.17) is 0 Å². The molecule has 1 N–H and O–H groups in total. The van der Waals surface area contributed by atoms with Crippen LogP contribution >= 0.6 is 0 Å². The van der Waals surface area contributed by atoms with Gasteiger partial charge in [-0.3, -0.25) is 9.36 Å². The fraction of sp³-hybridized carbons (Fsp3) is 0.318. The van der Waals surface area contributed by atoms with Crippen LogP contribution in [0.3, 0.4) is 0 Å². The first kappa shape index (κ1) is 18.2. The molecular formula is C22H24N4O2. The summed E-state index contributed by atoms with van der Waals surface area (Å²) in [4.78, 5) is 26.9. The largest absolute Gasteiger partial charge is 0.343 e. The number of rotatable bonds is 4. The van der Waals surface area contributed by atoms with Crippen molar-refractivity contribution in [1.29, 1.82) is 0 Å². The summed E-state index contributed by atoms with van der Waals surface area (Å²) in [6.07, 6.45) is 1.60. The highest BCUT2D eigenvalue weighted by atomic mass is 16.2. The Balaban J connectivity index is 1.45. The Kier molecular flexibility index (Phi) is 5.10. The van der Waals surface area contributed by atoms with Gasteiger partial charge in [0.15, 0.2) is 0 Å². The van der Waals surface area contributed by atoms with Crippen molar-refractivity contribution in [3.05, 3.63) is 87.6 Å². The zero-order chi connectivity index (χ0) is 19.5. The Labute approximate surface area is 163 Å². The van der Waals surface area contributed by atoms with Crippen LogP contribution in [0.4, 0.5) is 0 Å². The van der Waals surface area contributed by atoms with Crippen LogP contribution in [-0.4, -0.2) is 38.7 Å². The molecule has 1 saturated heterocycles. The molecule has 4 rings (SSSR count). The number of likely N-dealkylation sites (tertiary alicyclic amines) is 1. The quantitative estimate of drug-likeness (QED) is 0.761. The van der Waals surface area contributed by atoms with E-state index in [1.807, 2.05) is 66.4 Å². The molecule has 1 amide bonds. The van der Waals surface area contributed by atoms with E-state index in [2.05, 4.69) is 10.2 Å². The highest BCUT2D eigenvalue weighted by molar-refractivity contribution is 5.94. The van der Waals surface area contributed by atoms with Gasteiger partial charge >= 0.3 is 5.69 Å². The minimum absolute atomic E-state index is 0.0714. The van der Waals surface area contributed by atoms with Crippen LogP contribution in [0.1, 0.15) is 46.1 Å². The molecule has 1 fully saturated rings. The molecule has 0 aliphatic carbocycles. The van der Waals surface area contributed by atoms with Crippen LogP contribution in [0.2, 0.25) is 0 Å². The number of nitrogens with one attached hydrogen (secondary N) is 1. The predicted molar refractivity (Wildman–Crippen MR) is 107 cm³/mol. The van der Waals surface area contributed by atoms with Gasteiger partial charge in [0.2, 0.25) is 0 Å². The van der Waals surface area contributed by atoms with Gasteiger partial charge in [-0.2, -0.15) is 5.10 Å². The second-order valence-electron chi connectivity index (χ2n) is 7.39. The van der Waals surface area contributed by atoms with Crippen molar-refractivity contribution in [2.24, 2.45) is 0 Å². The SMILES string of the molecule is Cc1ccc(C(=O)N2CCC(c3n[nH]c(=O)n3Cc3ccccc3)CC2)cc1. The van der Waals surface area contributed by atoms with E-state index in [0.29, 0.717) is 19.6 Å². The van der Waals surface area contributed by atoms with Gasteiger partial charge in [0.05, 0.1) is 6.54 Å². The molecule has 2 aromatic carbocycles. The highest BCUT2D eigenvalue weighted by Gasteiger charge is 2.28. The molecule has 1 aliphatic heterocycles. The smallest absolute Gasteiger partial charge is 0.339 e. The van der Waals surface area contributed by atoms with E-state index >= 15 is 0 Å². The maximum absolute atomic E-state index is 12.7. The van der Waals surface area contributed by atoms with Gasteiger partial charge in [-0.1, -0.05) is 48.0 Å². The molecule has 6 nitrogen and oxygen atoms in total. The van der Waals surface area contributed by atoms with Gasteiger partial charge in [-0.05, 0) is 37.5 Å². The van der Waals surface area contributed by atoms with E-state index < -0.39 is 0 Å². The number of piperidine rings is 1. The van der Waals surface area contributed by atoms with Gasteiger partial charge in [0.1, 0.15) is 5.82 Å². The summed E-state index contributed by atoms with van der Waals surface area (Å²) in [5.74, 6) is 1.03. The molecule has 1 aliphatic rings. The number of hydrogen-bond acceptors (Lipinski definition) is 3. The van der Waals surface area contributed by atoms with Crippen LogP contribution in [0, 0.1) is 6.92 Å². The first-order chi connectivity index (χ1) is 13.6. The lowest BCUT2D eigenvalue weighted by molar-refractivity contribution is 0.0710. The van der Waals surface area contributed by atoms with Crippen molar-refractivity contribution >= 4 is 5.91 Å². The zero-order valence-corrected chi connectivity index (χ0v) is 16.0. The number of hydrogen-bond donors (Lipinski definition) is 1. The summed E-state index contributed by atoms with van der Waals surface area (Å²) >= 11 is 0. The maximum Gasteiger partial charge on any atom is 0.343 e. The minimum Gasteiger partial charge on any atom is -0.339 e. The van der Waals surface area contributed by atoms with Crippen molar-refractivity contribution in [3.8, 4) is 0 Å². The first-order valence-corrected chi connectivity index (χ1v) is 9.67. The number of aryl methyl sites for hydroxylation is 1. The van der Waals surface area contributed by atoms with Gasteiger partial charge in [0, 0.05) is 24.6 Å². The fourth-order valence-corrected chi connectivity index (χ4v) is 3.78. The van der Waals surface area contributed by atoms with Gasteiger partial charge in [0.25, 0.3) is 5.91 Å². The third-order valence-corrected chi connectivity index (χ3v) is 5.42. The number of aromatic amines is 1. The topological polar surface area (TPSA) is 71.0 Å². The summed E-state index contributed by atoms with van der Waals surface area (Å²) in [7, 11) is 0. The molecule has 0 saturated carbocycles. The number of carbonyl (C=O) groups is 1. The lowest BCUT2D eigenvalue weighted by atomic mass is 9.95. The van der Waals surface area contributed by atoms with Crippen LogP contribution in [0.5, 0.6) is 0 Å². The monoisotopic (exact) mass is 376 g/mol. The van der Waals surface area contributed by atoms with E-state index in [9.17, 15) is 9.59 Å². The first-order valence-electron chi connectivity index (χ1n) is 9.67. The molecule has 3 aromatic rings. The van der Waals surface area contributed by atoms with Crippen molar-refractivity contribution < 1.29 is 4.79 Å². The molecule has 1 aromatic heterocycles. The van der Waals surface area contributed by atoms with Crippen LogP contribution in [-0.2, 0) is 6.54 Å². The lowest BCUT2D eigenvalue weighted by Gasteiger charge is -2.31. The number of amides is 1. The number of carbonyl (C=O) groups excluding carboxylic acids is 1. The summed E-state index contributed by atoms with van der Waals surface area (Å²) in [5, 5.41) is 6.89. The zero-order valence-electron chi connectivity index (χ0n) is 16.0. The van der Waals surface area contributed by atoms with E-state index in [0.717, 1.165) is 35.4 Å². The third kappa shape index (κ3) is 3.76. The lowest BCUT2D eigenvalue weighted by Crippen LogP contribution is -2.38. The van der Waals surface area contributed by atoms with Crippen LogP contribution < -0.4 is 5.69 Å². The summed E-state index contributed by atoms with van der Waals surface area (Å²) in [5.41, 5.74) is 2.76.